The molecule has 2 nitrogen and oxygen atoms in total. The highest BCUT2D eigenvalue weighted by molar-refractivity contribution is 5.03. The minimum absolute atomic E-state index is 0.517. The lowest BCUT2D eigenvalue weighted by Crippen LogP contribution is -2.59. The summed E-state index contributed by atoms with van der Waals surface area (Å²) in [7, 11) is 0. The Balaban J connectivity index is 1.31. The van der Waals surface area contributed by atoms with Gasteiger partial charge in [0.1, 0.15) is 0 Å². The van der Waals surface area contributed by atoms with Crippen molar-refractivity contribution >= 4 is 0 Å². The quantitative estimate of drug-likeness (QED) is 0.818. The Labute approximate surface area is 129 Å². The summed E-state index contributed by atoms with van der Waals surface area (Å²) in [5, 5.41) is 4.23. The highest BCUT2D eigenvalue weighted by Gasteiger charge is 2.48. The Kier molecular flexibility index (Phi) is 3.16. The molecule has 0 spiro atoms. The minimum atomic E-state index is 0.517. The van der Waals surface area contributed by atoms with Crippen LogP contribution in [0.25, 0.3) is 0 Å². The third kappa shape index (κ3) is 2.20. The molecule has 0 aromatic rings. The molecule has 0 amide bonds. The number of hydrogen-bond acceptors (Lipinski definition) is 2. The van der Waals surface area contributed by atoms with Crippen LogP contribution in [0, 0.1) is 35.5 Å². The fourth-order valence-corrected chi connectivity index (χ4v) is 7.21. The minimum Gasteiger partial charge on any atom is -0.327 e. The van der Waals surface area contributed by atoms with Crippen molar-refractivity contribution in [2.45, 2.75) is 82.3 Å². The zero-order valence-electron chi connectivity index (χ0n) is 13.3. The highest BCUT2D eigenvalue weighted by atomic mass is 15.0. The van der Waals surface area contributed by atoms with E-state index in [1.807, 2.05) is 0 Å². The van der Waals surface area contributed by atoms with E-state index >= 15 is 0 Å². The second-order valence-electron chi connectivity index (χ2n) is 9.30. The van der Waals surface area contributed by atoms with Crippen molar-refractivity contribution < 1.29 is 0 Å². The number of rotatable bonds is 2. The summed E-state index contributed by atoms with van der Waals surface area (Å²) in [5.74, 6) is 5.92. The van der Waals surface area contributed by atoms with Crippen LogP contribution in [0.4, 0.5) is 0 Å². The predicted octanol–water partition coefficient (Wildman–Crippen LogP) is 3.31. The standard InChI is InChI=1S/C19H32N2/c20-17-9-14-4-3-13(17)10-18(14)21-19-15-5-11-1-2-12(7-15)8-16(19)6-11/h11-19,21H,1-10,20H2. The van der Waals surface area contributed by atoms with Crippen LogP contribution in [0.3, 0.4) is 0 Å². The molecule has 0 aliphatic heterocycles. The van der Waals surface area contributed by atoms with Crippen molar-refractivity contribution in [2.75, 3.05) is 0 Å². The smallest absolute Gasteiger partial charge is 0.0127 e. The summed E-state index contributed by atoms with van der Waals surface area (Å²) in [6.07, 6.45) is 14.8. The fraction of sp³-hybridized carbons (Fsp3) is 1.00. The molecular formula is C19H32N2. The molecule has 7 fully saturated rings. The third-order valence-corrected chi connectivity index (χ3v) is 8.16. The SMILES string of the molecule is NC1CC2CCC1CC2NC1C2CC3CCC(C2)CC1C3. The lowest BCUT2D eigenvalue weighted by Gasteiger charge is -2.52. The van der Waals surface area contributed by atoms with Gasteiger partial charge in [0.2, 0.25) is 0 Å². The van der Waals surface area contributed by atoms with Crippen molar-refractivity contribution in [1.82, 2.24) is 5.32 Å². The maximum absolute atomic E-state index is 6.32. The van der Waals surface area contributed by atoms with Gasteiger partial charge in [-0.25, -0.2) is 0 Å². The molecule has 118 valence electrons. The lowest BCUT2D eigenvalue weighted by molar-refractivity contribution is 0.0337. The number of hydrogen-bond donors (Lipinski definition) is 2. The number of nitrogens with one attached hydrogen (secondary N) is 1. The molecule has 21 heavy (non-hydrogen) atoms. The molecule has 0 aromatic carbocycles. The average Bonchev–Trinajstić information content (AvgIpc) is 2.73. The Bertz CT molecular complexity index is 376. The van der Waals surface area contributed by atoms with Crippen molar-refractivity contribution in [3.63, 3.8) is 0 Å². The van der Waals surface area contributed by atoms with Gasteiger partial charge in [0.25, 0.3) is 0 Å². The van der Waals surface area contributed by atoms with Gasteiger partial charge in [0.15, 0.2) is 0 Å². The third-order valence-electron chi connectivity index (χ3n) is 8.16. The second kappa shape index (κ2) is 4.96. The van der Waals surface area contributed by atoms with Crippen LogP contribution in [0.15, 0.2) is 0 Å². The zero-order valence-corrected chi connectivity index (χ0v) is 13.3. The van der Waals surface area contributed by atoms with Gasteiger partial charge in [-0.15, -0.1) is 0 Å². The maximum atomic E-state index is 6.32. The normalized spacial score (nSPS) is 58.4. The van der Waals surface area contributed by atoms with E-state index in [2.05, 4.69) is 5.32 Å². The van der Waals surface area contributed by atoms with Crippen molar-refractivity contribution in [3.05, 3.63) is 0 Å². The van der Waals surface area contributed by atoms with Gasteiger partial charge < -0.3 is 11.1 Å². The van der Waals surface area contributed by atoms with Crippen molar-refractivity contribution in [1.29, 1.82) is 0 Å². The first kappa shape index (κ1) is 13.4. The average molecular weight is 288 g/mol. The summed E-state index contributed by atoms with van der Waals surface area (Å²) in [4.78, 5) is 0. The molecule has 4 atom stereocenters. The molecule has 2 heteroatoms. The van der Waals surface area contributed by atoms with E-state index < -0.39 is 0 Å². The van der Waals surface area contributed by atoms with Crippen LogP contribution in [-0.4, -0.2) is 18.1 Å². The first-order valence-corrected chi connectivity index (χ1v) is 9.78. The topological polar surface area (TPSA) is 38.0 Å². The molecule has 7 rings (SSSR count). The van der Waals surface area contributed by atoms with E-state index in [0.717, 1.165) is 47.6 Å². The summed E-state index contributed by atoms with van der Waals surface area (Å²) in [6, 6.07) is 2.20. The van der Waals surface area contributed by atoms with E-state index in [-0.39, 0.29) is 0 Å². The van der Waals surface area contributed by atoms with Gasteiger partial charge in [-0.2, -0.15) is 0 Å². The van der Waals surface area contributed by atoms with E-state index in [4.69, 9.17) is 5.73 Å². The van der Waals surface area contributed by atoms with E-state index in [1.165, 1.54) is 25.7 Å². The summed E-state index contributed by atoms with van der Waals surface area (Å²) >= 11 is 0. The fourth-order valence-electron chi connectivity index (χ4n) is 7.21. The van der Waals surface area contributed by atoms with Crippen molar-refractivity contribution in [3.8, 4) is 0 Å². The Hall–Kier alpha value is -0.0800. The highest BCUT2D eigenvalue weighted by Crippen LogP contribution is 2.52. The molecule has 7 aliphatic rings. The van der Waals surface area contributed by atoms with E-state index in [1.54, 1.807) is 38.5 Å². The van der Waals surface area contributed by atoms with Gasteiger partial charge in [-0.05, 0) is 86.9 Å². The molecule has 6 bridgehead atoms. The Morgan fingerprint density at radius 2 is 1.24 bits per heavy atom. The largest absolute Gasteiger partial charge is 0.327 e. The summed E-state index contributed by atoms with van der Waals surface area (Å²) < 4.78 is 0. The van der Waals surface area contributed by atoms with Crippen LogP contribution in [0.5, 0.6) is 0 Å². The van der Waals surface area contributed by atoms with Gasteiger partial charge in [0.05, 0.1) is 0 Å². The first-order valence-electron chi connectivity index (χ1n) is 9.78. The van der Waals surface area contributed by atoms with Gasteiger partial charge in [-0.1, -0.05) is 12.8 Å². The summed E-state index contributed by atoms with van der Waals surface area (Å²) in [5.41, 5.74) is 6.32. The predicted molar refractivity (Wildman–Crippen MR) is 85.8 cm³/mol. The Morgan fingerprint density at radius 1 is 0.619 bits per heavy atom. The lowest BCUT2D eigenvalue weighted by atomic mass is 9.62. The molecule has 3 N–H and O–H groups in total. The molecule has 0 heterocycles. The van der Waals surface area contributed by atoms with Crippen molar-refractivity contribution in [2.24, 2.45) is 41.2 Å². The van der Waals surface area contributed by atoms with Crippen LogP contribution < -0.4 is 11.1 Å². The monoisotopic (exact) mass is 288 g/mol. The summed E-state index contributed by atoms with van der Waals surface area (Å²) in [6.45, 7) is 0. The van der Waals surface area contributed by atoms with E-state index in [0.29, 0.717) is 6.04 Å². The molecule has 7 aliphatic carbocycles. The van der Waals surface area contributed by atoms with Crippen LogP contribution >= 0.6 is 0 Å². The molecular weight excluding hydrogens is 256 g/mol. The Morgan fingerprint density at radius 3 is 1.76 bits per heavy atom. The maximum Gasteiger partial charge on any atom is 0.0127 e. The van der Waals surface area contributed by atoms with Gasteiger partial charge in [0, 0.05) is 18.1 Å². The second-order valence-corrected chi connectivity index (χ2v) is 9.30. The van der Waals surface area contributed by atoms with Crippen LogP contribution in [0.1, 0.15) is 64.2 Å². The molecule has 0 aromatic heterocycles. The number of nitrogens with two attached hydrogens (primary N) is 1. The molecule has 0 radical (unpaired) electrons. The first-order chi connectivity index (χ1) is 10.3. The van der Waals surface area contributed by atoms with Crippen LogP contribution in [-0.2, 0) is 0 Å². The van der Waals surface area contributed by atoms with Gasteiger partial charge in [-0.3, -0.25) is 0 Å². The van der Waals surface area contributed by atoms with E-state index in [9.17, 15) is 0 Å². The molecule has 0 saturated heterocycles. The number of fused-ring (bicyclic) bond motifs is 4. The van der Waals surface area contributed by atoms with Crippen LogP contribution in [0.2, 0.25) is 0 Å². The molecule has 4 unspecified atom stereocenters. The molecule has 7 saturated carbocycles. The zero-order chi connectivity index (χ0) is 14.0. The van der Waals surface area contributed by atoms with Gasteiger partial charge >= 0.3 is 0 Å².